The third-order valence-electron chi connectivity index (χ3n) is 2.81. The summed E-state index contributed by atoms with van der Waals surface area (Å²) in [7, 11) is 0. The second-order valence-electron chi connectivity index (χ2n) is 4.76. The zero-order valence-corrected chi connectivity index (χ0v) is 10.4. The van der Waals surface area contributed by atoms with Gasteiger partial charge in [0, 0.05) is 5.56 Å². The van der Waals surface area contributed by atoms with Crippen molar-refractivity contribution in [3.05, 3.63) is 47.9 Å². The lowest BCUT2D eigenvalue weighted by Gasteiger charge is -2.07. The highest BCUT2D eigenvalue weighted by molar-refractivity contribution is 5.66. The van der Waals surface area contributed by atoms with Gasteiger partial charge in [0.05, 0.1) is 12.8 Å². The van der Waals surface area contributed by atoms with Crippen LogP contribution in [0.3, 0.4) is 0 Å². The van der Waals surface area contributed by atoms with Gasteiger partial charge >= 0.3 is 0 Å². The van der Waals surface area contributed by atoms with Gasteiger partial charge in [-0.1, -0.05) is 38.1 Å². The van der Waals surface area contributed by atoms with Crippen molar-refractivity contribution < 1.29 is 4.42 Å². The van der Waals surface area contributed by atoms with E-state index in [1.807, 2.05) is 6.07 Å². The summed E-state index contributed by atoms with van der Waals surface area (Å²) < 4.78 is 5.36. The van der Waals surface area contributed by atoms with Crippen LogP contribution < -0.4 is 5.73 Å². The number of nitrogens with two attached hydrogens (primary N) is 1. The standard InChI is InChI=1S/C15H19NO/c1-11(2)8-12-4-3-5-13(9-12)14-6-7-17-15(14)10-16/h3-7,9,11H,8,10,16H2,1-2H3. The van der Waals surface area contributed by atoms with Gasteiger partial charge in [0.1, 0.15) is 5.76 Å². The second-order valence-corrected chi connectivity index (χ2v) is 4.76. The molecule has 2 nitrogen and oxygen atoms in total. The minimum Gasteiger partial charge on any atom is -0.467 e. The van der Waals surface area contributed by atoms with Gasteiger partial charge in [-0.15, -0.1) is 0 Å². The Morgan fingerprint density at radius 2 is 2.06 bits per heavy atom. The van der Waals surface area contributed by atoms with Crippen molar-refractivity contribution >= 4 is 0 Å². The van der Waals surface area contributed by atoms with E-state index >= 15 is 0 Å². The number of rotatable bonds is 4. The molecule has 0 aliphatic rings. The first kappa shape index (κ1) is 11.9. The van der Waals surface area contributed by atoms with Gasteiger partial charge in [-0.05, 0) is 29.5 Å². The maximum Gasteiger partial charge on any atom is 0.125 e. The molecule has 2 N–H and O–H groups in total. The van der Waals surface area contributed by atoms with E-state index in [0.717, 1.165) is 17.7 Å². The molecule has 0 unspecified atom stereocenters. The van der Waals surface area contributed by atoms with Crippen molar-refractivity contribution in [3.63, 3.8) is 0 Å². The molecule has 0 amide bonds. The molecular formula is C15H19NO. The monoisotopic (exact) mass is 229 g/mol. The largest absolute Gasteiger partial charge is 0.467 e. The first-order chi connectivity index (χ1) is 8.20. The van der Waals surface area contributed by atoms with E-state index in [9.17, 15) is 0 Å². The van der Waals surface area contributed by atoms with Crippen molar-refractivity contribution in [1.82, 2.24) is 0 Å². The summed E-state index contributed by atoms with van der Waals surface area (Å²) in [5, 5.41) is 0. The van der Waals surface area contributed by atoms with Crippen LogP contribution in [0, 0.1) is 5.92 Å². The molecule has 0 saturated carbocycles. The molecule has 0 spiro atoms. The fourth-order valence-corrected chi connectivity index (χ4v) is 2.09. The normalized spacial score (nSPS) is 11.1. The molecule has 0 saturated heterocycles. The van der Waals surface area contributed by atoms with Crippen LogP contribution >= 0.6 is 0 Å². The maximum atomic E-state index is 5.66. The first-order valence-electron chi connectivity index (χ1n) is 6.06. The molecule has 0 atom stereocenters. The van der Waals surface area contributed by atoms with E-state index in [2.05, 4.69) is 38.1 Å². The minimum atomic E-state index is 0.441. The van der Waals surface area contributed by atoms with Crippen LogP contribution in [-0.2, 0) is 13.0 Å². The topological polar surface area (TPSA) is 39.2 Å². The Bertz CT molecular complexity index is 485. The second kappa shape index (κ2) is 5.19. The number of furan rings is 1. The van der Waals surface area contributed by atoms with E-state index in [-0.39, 0.29) is 0 Å². The van der Waals surface area contributed by atoms with Crippen LogP contribution in [0.15, 0.2) is 41.0 Å². The molecule has 0 radical (unpaired) electrons. The quantitative estimate of drug-likeness (QED) is 0.870. The molecule has 90 valence electrons. The summed E-state index contributed by atoms with van der Waals surface area (Å²) >= 11 is 0. The molecular weight excluding hydrogens is 210 g/mol. The molecule has 0 fully saturated rings. The Balaban J connectivity index is 2.33. The van der Waals surface area contributed by atoms with Gasteiger partial charge in [-0.25, -0.2) is 0 Å². The van der Waals surface area contributed by atoms with E-state index in [0.29, 0.717) is 12.5 Å². The van der Waals surface area contributed by atoms with Crippen LogP contribution in [0.5, 0.6) is 0 Å². The van der Waals surface area contributed by atoms with Crippen LogP contribution in [0.2, 0.25) is 0 Å². The van der Waals surface area contributed by atoms with Crippen molar-refractivity contribution in [1.29, 1.82) is 0 Å². The SMILES string of the molecule is CC(C)Cc1cccc(-c2ccoc2CN)c1. The summed E-state index contributed by atoms with van der Waals surface area (Å²) in [5.41, 5.74) is 9.32. The van der Waals surface area contributed by atoms with Crippen LogP contribution in [-0.4, -0.2) is 0 Å². The van der Waals surface area contributed by atoms with Gasteiger partial charge in [-0.2, -0.15) is 0 Å². The Morgan fingerprint density at radius 3 is 2.76 bits per heavy atom. The van der Waals surface area contributed by atoms with Gasteiger partial charge in [0.2, 0.25) is 0 Å². The maximum absolute atomic E-state index is 5.66. The molecule has 2 rings (SSSR count). The lowest BCUT2D eigenvalue weighted by atomic mass is 9.98. The van der Waals surface area contributed by atoms with Crippen LogP contribution in [0.4, 0.5) is 0 Å². The average molecular weight is 229 g/mol. The predicted molar refractivity (Wildman–Crippen MR) is 70.6 cm³/mol. The molecule has 0 bridgehead atoms. The number of benzene rings is 1. The third-order valence-corrected chi connectivity index (χ3v) is 2.81. The fourth-order valence-electron chi connectivity index (χ4n) is 2.09. The van der Waals surface area contributed by atoms with E-state index < -0.39 is 0 Å². The van der Waals surface area contributed by atoms with Crippen molar-refractivity contribution in [3.8, 4) is 11.1 Å². The van der Waals surface area contributed by atoms with Gasteiger partial charge in [0.15, 0.2) is 0 Å². The molecule has 0 aliphatic carbocycles. The Morgan fingerprint density at radius 1 is 1.24 bits per heavy atom. The van der Waals surface area contributed by atoms with Crippen molar-refractivity contribution in [2.75, 3.05) is 0 Å². The molecule has 17 heavy (non-hydrogen) atoms. The first-order valence-corrected chi connectivity index (χ1v) is 6.06. The number of hydrogen-bond donors (Lipinski definition) is 1. The third kappa shape index (κ3) is 2.77. The number of hydrogen-bond acceptors (Lipinski definition) is 2. The minimum absolute atomic E-state index is 0.441. The van der Waals surface area contributed by atoms with Crippen molar-refractivity contribution in [2.45, 2.75) is 26.8 Å². The summed E-state index contributed by atoms with van der Waals surface area (Å²) in [6, 6.07) is 10.6. The van der Waals surface area contributed by atoms with Gasteiger partial charge < -0.3 is 10.2 Å². The predicted octanol–water partition coefficient (Wildman–Crippen LogP) is 3.60. The van der Waals surface area contributed by atoms with E-state index in [4.69, 9.17) is 10.2 Å². The van der Waals surface area contributed by atoms with Crippen LogP contribution in [0.1, 0.15) is 25.2 Å². The summed E-state index contributed by atoms with van der Waals surface area (Å²) in [4.78, 5) is 0. The molecule has 1 aromatic carbocycles. The highest BCUT2D eigenvalue weighted by Crippen LogP contribution is 2.26. The van der Waals surface area contributed by atoms with Gasteiger partial charge in [0.25, 0.3) is 0 Å². The molecule has 0 aliphatic heterocycles. The Hall–Kier alpha value is -1.54. The molecule has 2 aromatic rings. The van der Waals surface area contributed by atoms with E-state index in [1.165, 1.54) is 11.1 Å². The Kier molecular flexibility index (Phi) is 3.64. The highest BCUT2D eigenvalue weighted by atomic mass is 16.3. The molecule has 2 heteroatoms. The average Bonchev–Trinajstić information content (AvgIpc) is 2.76. The molecule has 1 heterocycles. The zero-order chi connectivity index (χ0) is 12.3. The summed E-state index contributed by atoms with van der Waals surface area (Å²) in [5.74, 6) is 1.52. The van der Waals surface area contributed by atoms with Crippen LogP contribution in [0.25, 0.3) is 11.1 Å². The highest BCUT2D eigenvalue weighted by Gasteiger charge is 2.07. The summed E-state index contributed by atoms with van der Waals surface area (Å²) in [6.45, 7) is 4.91. The van der Waals surface area contributed by atoms with Crippen molar-refractivity contribution in [2.24, 2.45) is 11.7 Å². The lowest BCUT2D eigenvalue weighted by Crippen LogP contribution is -1.97. The fraction of sp³-hybridized carbons (Fsp3) is 0.333. The molecule has 1 aromatic heterocycles. The smallest absolute Gasteiger partial charge is 0.125 e. The Labute approximate surface area is 102 Å². The zero-order valence-electron chi connectivity index (χ0n) is 10.4. The summed E-state index contributed by atoms with van der Waals surface area (Å²) in [6.07, 6.45) is 2.80. The van der Waals surface area contributed by atoms with Gasteiger partial charge in [-0.3, -0.25) is 0 Å². The lowest BCUT2D eigenvalue weighted by molar-refractivity contribution is 0.513. The van der Waals surface area contributed by atoms with E-state index in [1.54, 1.807) is 6.26 Å².